The normalized spacial score (nSPS) is 10.9. The van der Waals surface area contributed by atoms with Gasteiger partial charge in [-0.3, -0.25) is 4.79 Å². The van der Waals surface area contributed by atoms with E-state index in [1.807, 2.05) is 0 Å². The molecule has 11 heavy (non-hydrogen) atoms. The fourth-order valence-corrected chi connectivity index (χ4v) is 0.326. The molecule has 0 fully saturated rings. The first-order valence-electron chi connectivity index (χ1n) is 2.52. The molecule has 0 aromatic carbocycles. The van der Waals surface area contributed by atoms with Crippen LogP contribution in [0.15, 0.2) is 0 Å². The molecule has 0 spiro atoms. The molecule has 0 heterocycles. The summed E-state index contributed by atoms with van der Waals surface area (Å²) in [5, 5.41) is 0. The number of carbonyl (C=O) groups excluding carboxylic acids is 2. The van der Waals surface area contributed by atoms with E-state index >= 15 is 0 Å². The van der Waals surface area contributed by atoms with E-state index in [4.69, 9.17) is 0 Å². The Morgan fingerprint density at radius 2 is 1.91 bits per heavy atom. The molecule has 0 radical (unpaired) electrons. The summed E-state index contributed by atoms with van der Waals surface area (Å²) in [5.41, 5.74) is 0. The van der Waals surface area contributed by atoms with Gasteiger partial charge in [0, 0.05) is 0 Å². The zero-order valence-electron chi connectivity index (χ0n) is 5.57. The molecule has 0 rings (SSSR count). The van der Waals surface area contributed by atoms with Gasteiger partial charge in [-0.1, -0.05) is 0 Å². The van der Waals surface area contributed by atoms with Gasteiger partial charge in [0.15, 0.2) is 6.67 Å². The molecule has 0 aromatic heterocycles. The number of carbonyl (C=O) groups is 2. The number of rotatable bonds is 3. The number of alkyl halides is 3. The predicted molar refractivity (Wildman–Crippen MR) is 27.9 cm³/mol. The zero-order chi connectivity index (χ0) is 9.07. The lowest BCUT2D eigenvalue weighted by atomic mass is 10.2. The van der Waals surface area contributed by atoms with Gasteiger partial charge in [-0.05, 0) is 0 Å². The highest BCUT2D eigenvalue weighted by molar-refractivity contribution is 6.05. The van der Waals surface area contributed by atoms with Crippen LogP contribution in [-0.2, 0) is 14.3 Å². The van der Waals surface area contributed by atoms with Crippen molar-refractivity contribution in [3.63, 3.8) is 0 Å². The highest BCUT2D eigenvalue weighted by atomic mass is 19.3. The lowest BCUT2D eigenvalue weighted by Gasteiger charge is -2.08. The fraction of sp³-hybridized carbons (Fsp3) is 0.600. The summed E-state index contributed by atoms with van der Waals surface area (Å²) in [6, 6.07) is 0. The smallest absolute Gasteiger partial charge is 0.402 e. The van der Waals surface area contributed by atoms with Crippen LogP contribution in [-0.4, -0.2) is 31.5 Å². The Morgan fingerprint density at radius 1 is 1.45 bits per heavy atom. The molecule has 0 bridgehead atoms. The molecule has 0 aliphatic rings. The molecular formula is C5H5F3O3. The second-order valence-corrected chi connectivity index (χ2v) is 1.62. The molecule has 64 valence electrons. The number of ketones is 1. The Bertz CT molecular complexity index is 160. The van der Waals surface area contributed by atoms with Gasteiger partial charge in [0.05, 0.1) is 7.11 Å². The van der Waals surface area contributed by atoms with Crippen molar-refractivity contribution in [1.82, 2.24) is 0 Å². The number of methoxy groups -OCH3 is 1. The fourth-order valence-electron chi connectivity index (χ4n) is 0.326. The molecule has 6 heteroatoms. The molecular weight excluding hydrogens is 165 g/mol. The summed E-state index contributed by atoms with van der Waals surface area (Å²) in [6.45, 7) is -1.89. The molecule has 0 atom stereocenters. The van der Waals surface area contributed by atoms with E-state index < -0.39 is 24.3 Å². The van der Waals surface area contributed by atoms with Gasteiger partial charge in [-0.2, -0.15) is 8.78 Å². The van der Waals surface area contributed by atoms with Crippen molar-refractivity contribution < 1.29 is 27.5 Å². The lowest BCUT2D eigenvalue weighted by Crippen LogP contribution is -2.39. The second-order valence-electron chi connectivity index (χ2n) is 1.62. The van der Waals surface area contributed by atoms with Crippen LogP contribution in [0, 0.1) is 0 Å². The van der Waals surface area contributed by atoms with E-state index in [2.05, 4.69) is 4.74 Å². The van der Waals surface area contributed by atoms with Gasteiger partial charge in [0.2, 0.25) is 5.78 Å². The third-order valence-corrected chi connectivity index (χ3v) is 0.913. The van der Waals surface area contributed by atoms with Crippen molar-refractivity contribution in [3.05, 3.63) is 0 Å². The summed E-state index contributed by atoms with van der Waals surface area (Å²) in [6.07, 6.45) is 0. The predicted octanol–water partition coefficient (Wildman–Crippen LogP) is 0.333. The monoisotopic (exact) mass is 170 g/mol. The van der Waals surface area contributed by atoms with E-state index in [1.54, 1.807) is 0 Å². The number of ether oxygens (including phenoxy) is 1. The van der Waals surface area contributed by atoms with Crippen molar-refractivity contribution in [2.45, 2.75) is 5.92 Å². The Labute approximate surface area is 60.1 Å². The number of halogens is 3. The van der Waals surface area contributed by atoms with Crippen molar-refractivity contribution in [2.24, 2.45) is 0 Å². The van der Waals surface area contributed by atoms with E-state index in [0.29, 0.717) is 7.11 Å². The van der Waals surface area contributed by atoms with Crippen molar-refractivity contribution in [2.75, 3.05) is 13.8 Å². The SMILES string of the molecule is COC(=O)C(F)(F)C(=O)CF. The summed E-state index contributed by atoms with van der Waals surface area (Å²) in [7, 11) is 0.682. The Hall–Kier alpha value is -1.07. The highest BCUT2D eigenvalue weighted by Crippen LogP contribution is 2.16. The van der Waals surface area contributed by atoms with Crippen LogP contribution < -0.4 is 0 Å². The van der Waals surface area contributed by atoms with Crippen molar-refractivity contribution >= 4 is 11.8 Å². The Morgan fingerprint density at radius 3 is 2.18 bits per heavy atom. The van der Waals surface area contributed by atoms with Crippen LogP contribution in [0.1, 0.15) is 0 Å². The average Bonchev–Trinajstić information content (AvgIpc) is 2.01. The first kappa shape index (κ1) is 9.93. The van der Waals surface area contributed by atoms with Gasteiger partial charge in [-0.15, -0.1) is 0 Å². The molecule has 0 aliphatic carbocycles. The summed E-state index contributed by atoms with van der Waals surface area (Å²) in [4.78, 5) is 20.1. The van der Waals surface area contributed by atoms with Gasteiger partial charge in [0.25, 0.3) is 0 Å². The van der Waals surface area contributed by atoms with Crippen LogP contribution in [0.4, 0.5) is 13.2 Å². The van der Waals surface area contributed by atoms with Gasteiger partial charge in [0.1, 0.15) is 0 Å². The van der Waals surface area contributed by atoms with Crippen LogP contribution in [0.2, 0.25) is 0 Å². The van der Waals surface area contributed by atoms with E-state index in [1.165, 1.54) is 0 Å². The maximum Gasteiger partial charge on any atom is 0.402 e. The second kappa shape index (κ2) is 3.36. The Kier molecular flexibility index (Phi) is 3.03. The van der Waals surface area contributed by atoms with Crippen molar-refractivity contribution in [1.29, 1.82) is 0 Å². The number of hydrogen-bond acceptors (Lipinski definition) is 3. The quantitative estimate of drug-likeness (QED) is 0.453. The average molecular weight is 170 g/mol. The standard InChI is InChI=1S/C5H5F3O3/c1-11-4(10)5(7,8)3(9)2-6/h2H2,1H3. The maximum absolute atomic E-state index is 12.1. The van der Waals surface area contributed by atoms with Crippen LogP contribution in [0.5, 0.6) is 0 Å². The van der Waals surface area contributed by atoms with Crippen LogP contribution in [0.25, 0.3) is 0 Å². The number of esters is 1. The molecule has 0 N–H and O–H groups in total. The minimum absolute atomic E-state index is 0.682. The molecule has 0 aromatic rings. The minimum atomic E-state index is -4.36. The summed E-state index contributed by atoms with van der Waals surface area (Å²) >= 11 is 0. The summed E-state index contributed by atoms with van der Waals surface area (Å²) < 4.78 is 39.2. The molecule has 3 nitrogen and oxygen atoms in total. The highest BCUT2D eigenvalue weighted by Gasteiger charge is 2.48. The zero-order valence-corrected chi connectivity index (χ0v) is 5.57. The van der Waals surface area contributed by atoms with E-state index in [9.17, 15) is 22.8 Å². The topological polar surface area (TPSA) is 43.4 Å². The lowest BCUT2D eigenvalue weighted by molar-refractivity contribution is -0.174. The largest absolute Gasteiger partial charge is 0.464 e. The molecule has 0 saturated carbocycles. The third-order valence-electron chi connectivity index (χ3n) is 0.913. The number of hydrogen-bond donors (Lipinski definition) is 0. The van der Waals surface area contributed by atoms with Crippen LogP contribution >= 0.6 is 0 Å². The molecule has 0 amide bonds. The molecule has 0 aliphatic heterocycles. The first-order chi connectivity index (χ1) is 4.96. The van der Waals surface area contributed by atoms with E-state index in [0.717, 1.165) is 0 Å². The van der Waals surface area contributed by atoms with Gasteiger partial charge >= 0.3 is 11.9 Å². The van der Waals surface area contributed by atoms with Gasteiger partial charge in [-0.25, -0.2) is 9.18 Å². The number of Topliss-reactive ketones (excluding diaryl/α,β-unsaturated/α-hetero) is 1. The molecule has 0 saturated heterocycles. The van der Waals surface area contributed by atoms with Gasteiger partial charge < -0.3 is 4.74 Å². The maximum atomic E-state index is 12.1. The van der Waals surface area contributed by atoms with Crippen LogP contribution in [0.3, 0.4) is 0 Å². The van der Waals surface area contributed by atoms with Crippen molar-refractivity contribution in [3.8, 4) is 0 Å². The van der Waals surface area contributed by atoms with E-state index in [-0.39, 0.29) is 0 Å². The third kappa shape index (κ3) is 1.92. The first-order valence-corrected chi connectivity index (χ1v) is 2.52. The Balaban J connectivity index is 4.44. The minimum Gasteiger partial charge on any atom is -0.464 e. The summed E-state index contributed by atoms with van der Waals surface area (Å²) in [5.74, 6) is -8.49. The molecule has 0 unspecified atom stereocenters.